The van der Waals surface area contributed by atoms with E-state index in [-0.39, 0.29) is 4.90 Å². The lowest BCUT2D eigenvalue weighted by molar-refractivity contribution is 0.450. The van der Waals surface area contributed by atoms with Crippen LogP contribution in [0.2, 0.25) is 0 Å². The van der Waals surface area contributed by atoms with Crippen LogP contribution in [0.1, 0.15) is 6.42 Å². The molecule has 6 nitrogen and oxygen atoms in total. The third-order valence-electron chi connectivity index (χ3n) is 4.04. The van der Waals surface area contributed by atoms with E-state index < -0.39 is 10.0 Å². The van der Waals surface area contributed by atoms with Crippen molar-refractivity contribution in [1.29, 1.82) is 0 Å². The van der Waals surface area contributed by atoms with Gasteiger partial charge in [0.15, 0.2) is 5.82 Å². The van der Waals surface area contributed by atoms with Crippen LogP contribution in [0.4, 0.5) is 0 Å². The van der Waals surface area contributed by atoms with Gasteiger partial charge in [-0.1, -0.05) is 30.3 Å². The molecule has 0 spiro atoms. The third kappa shape index (κ3) is 3.41. The molecule has 1 fully saturated rings. The molecule has 2 aromatic rings. The average molecular weight is 332 g/mol. The first-order valence-corrected chi connectivity index (χ1v) is 9.07. The van der Waals surface area contributed by atoms with Gasteiger partial charge >= 0.3 is 0 Å². The van der Waals surface area contributed by atoms with Crippen LogP contribution in [0.3, 0.4) is 0 Å². The molecule has 7 heteroatoms. The standard InChI is InChI=1S/C16H20N4O2S/c1-17-9-13-7-8-20(12-13)23(21,22)15-10-18-16(19-11-15)14-5-3-2-4-6-14/h2-6,10-11,13,17H,7-9,12H2,1H3. The van der Waals surface area contributed by atoms with Crippen LogP contribution >= 0.6 is 0 Å². The smallest absolute Gasteiger partial charge is 0.246 e. The van der Waals surface area contributed by atoms with Gasteiger partial charge in [-0.2, -0.15) is 4.31 Å². The number of nitrogens with one attached hydrogen (secondary N) is 1. The molecule has 1 N–H and O–H groups in total. The minimum absolute atomic E-state index is 0.155. The molecular weight excluding hydrogens is 312 g/mol. The molecule has 2 heterocycles. The van der Waals surface area contributed by atoms with Gasteiger partial charge < -0.3 is 5.32 Å². The van der Waals surface area contributed by atoms with Crippen molar-refractivity contribution < 1.29 is 8.42 Å². The van der Waals surface area contributed by atoms with Crippen LogP contribution in [0, 0.1) is 5.92 Å². The molecule has 0 aliphatic carbocycles. The monoisotopic (exact) mass is 332 g/mol. The second kappa shape index (κ2) is 6.74. The Hall–Kier alpha value is -1.83. The number of rotatable bonds is 5. The summed E-state index contributed by atoms with van der Waals surface area (Å²) in [6.45, 7) is 1.92. The van der Waals surface area contributed by atoms with Gasteiger partial charge in [-0.3, -0.25) is 0 Å². The quantitative estimate of drug-likeness (QED) is 0.895. The highest BCUT2D eigenvalue weighted by atomic mass is 32.2. The van der Waals surface area contributed by atoms with Crippen molar-refractivity contribution >= 4 is 10.0 Å². The molecule has 1 atom stereocenters. The van der Waals surface area contributed by atoms with Crippen LogP contribution in [-0.4, -0.2) is 49.4 Å². The predicted octanol–water partition coefficient (Wildman–Crippen LogP) is 1.37. The highest BCUT2D eigenvalue weighted by Crippen LogP contribution is 2.24. The highest BCUT2D eigenvalue weighted by molar-refractivity contribution is 7.89. The second-order valence-electron chi connectivity index (χ2n) is 5.68. The first-order chi connectivity index (χ1) is 11.1. The third-order valence-corrected chi connectivity index (χ3v) is 5.86. The maximum atomic E-state index is 12.7. The molecule has 1 aliphatic heterocycles. The fourth-order valence-corrected chi connectivity index (χ4v) is 4.23. The molecule has 3 rings (SSSR count). The van der Waals surface area contributed by atoms with Crippen LogP contribution in [0.15, 0.2) is 47.6 Å². The summed E-state index contributed by atoms with van der Waals surface area (Å²) in [5.74, 6) is 0.887. The van der Waals surface area contributed by atoms with Gasteiger partial charge in [-0.25, -0.2) is 18.4 Å². The first-order valence-electron chi connectivity index (χ1n) is 7.63. The van der Waals surface area contributed by atoms with Crippen LogP contribution < -0.4 is 5.32 Å². The average Bonchev–Trinajstić information content (AvgIpc) is 3.06. The zero-order valence-corrected chi connectivity index (χ0v) is 13.8. The van der Waals surface area contributed by atoms with E-state index in [0.29, 0.717) is 24.8 Å². The van der Waals surface area contributed by atoms with E-state index in [1.165, 1.54) is 16.7 Å². The first kappa shape index (κ1) is 16.0. The SMILES string of the molecule is CNCC1CCN(S(=O)(=O)c2cnc(-c3ccccc3)nc2)C1. The predicted molar refractivity (Wildman–Crippen MR) is 88.3 cm³/mol. The number of aromatic nitrogens is 2. The summed E-state index contributed by atoms with van der Waals surface area (Å²) in [5, 5.41) is 3.10. The Morgan fingerprint density at radius 1 is 1.22 bits per heavy atom. The summed E-state index contributed by atoms with van der Waals surface area (Å²) in [6.07, 6.45) is 3.68. The Labute approximate surface area is 136 Å². The Balaban J connectivity index is 1.79. The van der Waals surface area contributed by atoms with Gasteiger partial charge in [0.2, 0.25) is 10.0 Å². The van der Waals surface area contributed by atoms with E-state index in [1.54, 1.807) is 0 Å². The molecule has 0 bridgehead atoms. The zero-order valence-electron chi connectivity index (χ0n) is 13.0. The topological polar surface area (TPSA) is 75.2 Å². The van der Waals surface area contributed by atoms with Gasteiger partial charge in [-0.15, -0.1) is 0 Å². The largest absolute Gasteiger partial charge is 0.319 e. The van der Waals surface area contributed by atoms with Crippen molar-refractivity contribution in [2.24, 2.45) is 5.92 Å². The Kier molecular flexibility index (Phi) is 4.70. The minimum atomic E-state index is -3.51. The molecule has 1 unspecified atom stereocenters. The van der Waals surface area contributed by atoms with Crippen molar-refractivity contribution in [2.45, 2.75) is 11.3 Å². The molecule has 1 aliphatic rings. The van der Waals surface area contributed by atoms with E-state index in [2.05, 4.69) is 15.3 Å². The number of nitrogens with zero attached hydrogens (tertiary/aromatic N) is 3. The molecule has 0 radical (unpaired) electrons. The second-order valence-corrected chi connectivity index (χ2v) is 7.62. The van der Waals surface area contributed by atoms with Gasteiger partial charge in [0.1, 0.15) is 4.90 Å². The van der Waals surface area contributed by atoms with Crippen molar-refractivity contribution in [3.63, 3.8) is 0 Å². The van der Waals surface area contributed by atoms with Crippen molar-refractivity contribution in [2.75, 3.05) is 26.7 Å². The maximum absolute atomic E-state index is 12.7. The lowest BCUT2D eigenvalue weighted by Gasteiger charge is -2.16. The van der Waals surface area contributed by atoms with Gasteiger partial charge in [0, 0.05) is 18.7 Å². The van der Waals surface area contributed by atoms with Crippen LogP contribution in [0.5, 0.6) is 0 Å². The van der Waals surface area contributed by atoms with Crippen molar-refractivity contribution in [1.82, 2.24) is 19.6 Å². The highest BCUT2D eigenvalue weighted by Gasteiger charge is 2.32. The fraction of sp³-hybridized carbons (Fsp3) is 0.375. The number of sulfonamides is 1. The summed E-state index contributed by atoms with van der Waals surface area (Å²) < 4.78 is 26.8. The van der Waals surface area contributed by atoms with Crippen LogP contribution in [0.25, 0.3) is 11.4 Å². The van der Waals surface area contributed by atoms with Gasteiger partial charge in [-0.05, 0) is 25.9 Å². The van der Waals surface area contributed by atoms with Gasteiger partial charge in [0.05, 0.1) is 12.4 Å². The Morgan fingerprint density at radius 3 is 2.57 bits per heavy atom. The van der Waals surface area contributed by atoms with E-state index in [9.17, 15) is 8.42 Å². The molecule has 122 valence electrons. The molecule has 1 aromatic carbocycles. The molecule has 0 amide bonds. The van der Waals surface area contributed by atoms with E-state index in [0.717, 1.165) is 18.5 Å². The fourth-order valence-electron chi connectivity index (χ4n) is 2.81. The summed E-state index contributed by atoms with van der Waals surface area (Å²) >= 11 is 0. The van der Waals surface area contributed by atoms with E-state index in [1.807, 2.05) is 37.4 Å². The molecule has 1 aromatic heterocycles. The van der Waals surface area contributed by atoms with Crippen LogP contribution in [-0.2, 0) is 10.0 Å². The normalized spacial score (nSPS) is 19.1. The molecular formula is C16H20N4O2S. The summed E-state index contributed by atoms with van der Waals surface area (Å²) in [5.41, 5.74) is 0.867. The number of hydrogen-bond acceptors (Lipinski definition) is 5. The maximum Gasteiger partial charge on any atom is 0.246 e. The van der Waals surface area contributed by atoms with Crippen molar-refractivity contribution in [3.8, 4) is 11.4 Å². The van der Waals surface area contributed by atoms with Crippen molar-refractivity contribution in [3.05, 3.63) is 42.7 Å². The Morgan fingerprint density at radius 2 is 1.91 bits per heavy atom. The number of benzene rings is 1. The summed E-state index contributed by atoms with van der Waals surface area (Å²) in [4.78, 5) is 8.58. The van der Waals surface area contributed by atoms with E-state index >= 15 is 0 Å². The Bertz CT molecular complexity index is 747. The summed E-state index contributed by atoms with van der Waals surface area (Å²) in [7, 11) is -1.63. The number of hydrogen-bond donors (Lipinski definition) is 1. The molecule has 23 heavy (non-hydrogen) atoms. The molecule has 0 saturated carbocycles. The van der Waals surface area contributed by atoms with E-state index in [4.69, 9.17) is 0 Å². The lowest BCUT2D eigenvalue weighted by Crippen LogP contribution is -2.30. The zero-order chi connectivity index (χ0) is 16.3. The van der Waals surface area contributed by atoms with Gasteiger partial charge in [0.25, 0.3) is 0 Å². The molecule has 1 saturated heterocycles. The lowest BCUT2D eigenvalue weighted by atomic mass is 10.1. The minimum Gasteiger partial charge on any atom is -0.319 e. The summed E-state index contributed by atoms with van der Waals surface area (Å²) in [6, 6.07) is 9.50.